The molecule has 0 spiro atoms. The normalized spacial score (nSPS) is 11.1. The van der Waals surface area contributed by atoms with E-state index in [1.807, 2.05) is 61.5 Å². The van der Waals surface area contributed by atoms with Crippen LogP contribution >= 0.6 is 11.3 Å². The number of aryl methyl sites for hydroxylation is 3. The van der Waals surface area contributed by atoms with Gasteiger partial charge in [0.2, 0.25) is 5.91 Å². The van der Waals surface area contributed by atoms with Crippen LogP contribution in [-0.4, -0.2) is 20.0 Å². The Balaban J connectivity index is 1.48. The molecule has 0 aliphatic rings. The Bertz CT molecular complexity index is 1200. The summed E-state index contributed by atoms with van der Waals surface area (Å²) in [4.78, 5) is 30.4. The maximum atomic E-state index is 12.4. The number of para-hydroxylation sites is 2. The van der Waals surface area contributed by atoms with Crippen molar-refractivity contribution in [3.63, 3.8) is 0 Å². The molecule has 0 unspecified atom stereocenters. The zero-order valence-electron chi connectivity index (χ0n) is 15.7. The topological polar surface area (TPSA) is 68.9 Å². The van der Waals surface area contributed by atoms with Gasteiger partial charge in [0.05, 0.1) is 21.6 Å². The number of nitrogens with zero attached hydrogens (tertiary/aromatic N) is 3. The van der Waals surface area contributed by atoms with Crippen LogP contribution in [0.5, 0.6) is 0 Å². The number of rotatable bonds is 5. The molecule has 6 nitrogen and oxygen atoms in total. The monoisotopic (exact) mass is 392 g/mol. The molecule has 4 aromatic rings. The van der Waals surface area contributed by atoms with E-state index in [1.165, 1.54) is 11.3 Å². The molecule has 0 fully saturated rings. The van der Waals surface area contributed by atoms with Crippen LogP contribution in [0.2, 0.25) is 0 Å². The van der Waals surface area contributed by atoms with Crippen molar-refractivity contribution in [1.29, 1.82) is 0 Å². The summed E-state index contributed by atoms with van der Waals surface area (Å²) in [6, 6.07) is 17.6. The highest BCUT2D eigenvalue weighted by Gasteiger charge is 2.14. The van der Waals surface area contributed by atoms with Crippen molar-refractivity contribution in [2.24, 2.45) is 7.05 Å². The number of fused-ring (bicyclic) bond motifs is 1. The lowest BCUT2D eigenvalue weighted by molar-refractivity contribution is -0.116. The molecule has 0 radical (unpaired) electrons. The van der Waals surface area contributed by atoms with Gasteiger partial charge < -0.3 is 5.32 Å². The third kappa shape index (κ3) is 3.36. The number of imidazole rings is 1. The lowest BCUT2D eigenvalue weighted by Gasteiger charge is -2.03. The van der Waals surface area contributed by atoms with Crippen molar-refractivity contribution in [3.05, 3.63) is 70.8 Å². The van der Waals surface area contributed by atoms with Gasteiger partial charge in [-0.05, 0) is 24.6 Å². The number of carbonyl (C=O) groups is 1. The Labute approximate surface area is 166 Å². The molecule has 0 bridgehead atoms. The van der Waals surface area contributed by atoms with Gasteiger partial charge in [0, 0.05) is 20.0 Å². The first-order chi connectivity index (χ1) is 13.5. The molecule has 142 valence electrons. The number of hydrogen-bond donors (Lipinski definition) is 1. The van der Waals surface area contributed by atoms with Crippen molar-refractivity contribution in [2.75, 3.05) is 5.32 Å². The number of hydrogen-bond acceptors (Lipinski definition) is 4. The second-order valence-electron chi connectivity index (χ2n) is 6.58. The third-order valence-electron chi connectivity index (χ3n) is 4.69. The minimum absolute atomic E-state index is 0.120. The van der Waals surface area contributed by atoms with Crippen LogP contribution < -0.4 is 11.0 Å². The number of nitrogens with one attached hydrogen (secondary N) is 1. The molecule has 1 amide bonds. The number of benzene rings is 2. The molecule has 0 aliphatic carbocycles. The fourth-order valence-electron chi connectivity index (χ4n) is 3.28. The van der Waals surface area contributed by atoms with Crippen LogP contribution in [0, 0.1) is 6.92 Å². The maximum absolute atomic E-state index is 12.4. The fraction of sp³-hybridized carbons (Fsp3) is 0.190. The molecule has 0 aliphatic heterocycles. The van der Waals surface area contributed by atoms with E-state index in [1.54, 1.807) is 16.2 Å². The van der Waals surface area contributed by atoms with Crippen molar-refractivity contribution in [3.8, 4) is 10.4 Å². The van der Waals surface area contributed by atoms with Crippen LogP contribution in [0.1, 0.15) is 12.1 Å². The smallest absolute Gasteiger partial charge is 0.302 e. The van der Waals surface area contributed by atoms with Crippen LogP contribution in [0.3, 0.4) is 0 Å². The summed E-state index contributed by atoms with van der Waals surface area (Å²) >= 11 is 1.46. The van der Waals surface area contributed by atoms with E-state index in [4.69, 9.17) is 0 Å². The SMILES string of the molecule is Cc1nc(NC(=O)CCn2c(=O)n(C)c3ccccc32)sc1-c1ccccc1. The largest absolute Gasteiger partial charge is 0.328 e. The summed E-state index contributed by atoms with van der Waals surface area (Å²) in [5, 5.41) is 3.44. The molecule has 1 N–H and O–H groups in total. The summed E-state index contributed by atoms with van der Waals surface area (Å²) < 4.78 is 3.24. The van der Waals surface area contributed by atoms with Crippen molar-refractivity contribution >= 4 is 33.4 Å². The Morgan fingerprint density at radius 1 is 1.07 bits per heavy atom. The predicted molar refractivity (Wildman–Crippen MR) is 113 cm³/mol. The van der Waals surface area contributed by atoms with Gasteiger partial charge in [-0.3, -0.25) is 13.9 Å². The van der Waals surface area contributed by atoms with E-state index in [9.17, 15) is 9.59 Å². The van der Waals surface area contributed by atoms with Crippen molar-refractivity contribution < 1.29 is 4.79 Å². The van der Waals surface area contributed by atoms with E-state index < -0.39 is 0 Å². The van der Waals surface area contributed by atoms with Gasteiger partial charge in [0.1, 0.15) is 0 Å². The van der Waals surface area contributed by atoms with Gasteiger partial charge in [0.15, 0.2) is 5.13 Å². The molecule has 2 heterocycles. The van der Waals surface area contributed by atoms with Gasteiger partial charge >= 0.3 is 5.69 Å². The molecule has 0 saturated carbocycles. The number of amides is 1. The first kappa shape index (κ1) is 18.2. The molecule has 0 saturated heterocycles. The molecular weight excluding hydrogens is 372 g/mol. The van der Waals surface area contributed by atoms with E-state index in [-0.39, 0.29) is 18.0 Å². The standard InChI is InChI=1S/C21H20N4O2S/c1-14-19(15-8-4-3-5-9-15)28-20(22-14)23-18(26)12-13-25-17-11-7-6-10-16(17)24(2)21(25)27/h3-11H,12-13H2,1-2H3,(H,22,23,26). The van der Waals surface area contributed by atoms with E-state index in [0.717, 1.165) is 27.2 Å². The molecule has 4 rings (SSSR count). The summed E-state index contributed by atoms with van der Waals surface area (Å²) in [5.74, 6) is -0.159. The zero-order chi connectivity index (χ0) is 19.7. The molecule has 2 aromatic carbocycles. The highest BCUT2D eigenvalue weighted by atomic mass is 32.1. The Hall–Kier alpha value is -3.19. The predicted octanol–water partition coefficient (Wildman–Crippen LogP) is 3.80. The van der Waals surface area contributed by atoms with Crippen LogP contribution in [-0.2, 0) is 18.4 Å². The lowest BCUT2D eigenvalue weighted by atomic mass is 10.2. The number of anilines is 1. The average Bonchev–Trinajstić information content (AvgIpc) is 3.19. The second-order valence-corrected chi connectivity index (χ2v) is 7.58. The van der Waals surface area contributed by atoms with Crippen LogP contribution in [0.15, 0.2) is 59.4 Å². The van der Waals surface area contributed by atoms with Crippen molar-refractivity contribution in [1.82, 2.24) is 14.1 Å². The fourth-order valence-corrected chi connectivity index (χ4v) is 4.27. The molecule has 28 heavy (non-hydrogen) atoms. The van der Waals surface area contributed by atoms with E-state index in [0.29, 0.717) is 11.7 Å². The van der Waals surface area contributed by atoms with E-state index >= 15 is 0 Å². The summed E-state index contributed by atoms with van der Waals surface area (Å²) in [6.07, 6.45) is 0.202. The third-order valence-corrected chi connectivity index (χ3v) is 5.82. The first-order valence-electron chi connectivity index (χ1n) is 9.01. The summed E-state index contributed by atoms with van der Waals surface area (Å²) in [7, 11) is 1.74. The first-order valence-corrected chi connectivity index (χ1v) is 9.83. The summed E-state index contributed by atoms with van der Waals surface area (Å²) in [5.41, 5.74) is 3.54. The quantitative estimate of drug-likeness (QED) is 0.562. The van der Waals surface area contributed by atoms with Gasteiger partial charge in [-0.15, -0.1) is 0 Å². The van der Waals surface area contributed by atoms with Gasteiger partial charge in [-0.1, -0.05) is 53.8 Å². The highest BCUT2D eigenvalue weighted by Crippen LogP contribution is 2.32. The average molecular weight is 392 g/mol. The van der Waals surface area contributed by atoms with Gasteiger partial charge in [-0.2, -0.15) is 0 Å². The number of thiazole rings is 1. The molecular formula is C21H20N4O2S. The Morgan fingerprint density at radius 3 is 2.50 bits per heavy atom. The molecule has 0 atom stereocenters. The van der Waals surface area contributed by atoms with Crippen molar-refractivity contribution in [2.45, 2.75) is 19.9 Å². The highest BCUT2D eigenvalue weighted by molar-refractivity contribution is 7.19. The van der Waals surface area contributed by atoms with Crippen LogP contribution in [0.25, 0.3) is 21.5 Å². The lowest BCUT2D eigenvalue weighted by Crippen LogP contribution is -2.24. The van der Waals surface area contributed by atoms with Gasteiger partial charge in [-0.25, -0.2) is 9.78 Å². The van der Waals surface area contributed by atoms with Crippen LogP contribution in [0.4, 0.5) is 5.13 Å². The number of carbonyl (C=O) groups excluding carboxylic acids is 1. The number of aromatic nitrogens is 3. The summed E-state index contributed by atoms with van der Waals surface area (Å²) in [6.45, 7) is 2.26. The maximum Gasteiger partial charge on any atom is 0.328 e. The molecule has 2 aromatic heterocycles. The molecule has 7 heteroatoms. The zero-order valence-corrected chi connectivity index (χ0v) is 16.5. The van der Waals surface area contributed by atoms with E-state index in [2.05, 4.69) is 10.3 Å². The Kier molecular flexibility index (Phi) is 4.83. The minimum Gasteiger partial charge on any atom is -0.302 e. The van der Waals surface area contributed by atoms with Gasteiger partial charge in [0.25, 0.3) is 0 Å². The Morgan fingerprint density at radius 2 is 1.75 bits per heavy atom. The minimum atomic E-state index is -0.159. The second kappa shape index (κ2) is 7.44.